The van der Waals surface area contributed by atoms with Gasteiger partial charge < -0.3 is 4.74 Å². The molecule has 0 fully saturated rings. The Balaban J connectivity index is 2.13. The molecule has 0 aliphatic carbocycles. The van der Waals surface area contributed by atoms with Crippen LogP contribution >= 0.6 is 11.6 Å². The first-order valence-corrected chi connectivity index (χ1v) is 5.03. The maximum atomic E-state index is 12.2. The Morgan fingerprint density at radius 3 is 2.33 bits per heavy atom. The van der Waals surface area contributed by atoms with E-state index in [1.54, 1.807) is 0 Å². The summed E-state index contributed by atoms with van der Waals surface area (Å²) < 4.78 is 41.8. The fourth-order valence-electron chi connectivity index (χ4n) is 1.07. The summed E-state index contributed by atoms with van der Waals surface area (Å²) in [5, 5.41) is 6.61. The quantitative estimate of drug-likeness (QED) is 0.789. The summed E-state index contributed by atoms with van der Waals surface area (Å²) in [5.41, 5.74) is -1.08. The number of rotatable bonds is 2. The van der Waals surface area contributed by atoms with Crippen molar-refractivity contribution in [3.8, 4) is 11.6 Å². The smallest absolute Gasteiger partial charge is 0.435 e. The molecule has 2 aromatic heterocycles. The van der Waals surface area contributed by atoms with Gasteiger partial charge in [0.15, 0.2) is 5.69 Å². The predicted octanol–water partition coefficient (Wildman–Crippen LogP) is 3.34. The van der Waals surface area contributed by atoms with Crippen LogP contribution in [0.4, 0.5) is 13.2 Å². The number of hydrogen-bond donors (Lipinski definition) is 0. The first kappa shape index (κ1) is 12.6. The van der Waals surface area contributed by atoms with Crippen molar-refractivity contribution < 1.29 is 17.9 Å². The van der Waals surface area contributed by atoms with Gasteiger partial charge in [-0.05, 0) is 18.2 Å². The van der Waals surface area contributed by atoms with Crippen molar-refractivity contribution in [2.45, 2.75) is 6.18 Å². The lowest BCUT2D eigenvalue weighted by molar-refractivity contribution is -0.141. The van der Waals surface area contributed by atoms with Gasteiger partial charge in [-0.25, -0.2) is 4.98 Å². The number of pyridine rings is 1. The van der Waals surface area contributed by atoms with Crippen LogP contribution in [0.15, 0.2) is 30.5 Å². The number of nitrogens with zero attached hydrogens (tertiary/aromatic N) is 3. The summed E-state index contributed by atoms with van der Waals surface area (Å²) in [6.45, 7) is 0. The van der Waals surface area contributed by atoms with E-state index in [1.807, 2.05) is 0 Å². The average molecular weight is 276 g/mol. The average Bonchev–Trinajstić information content (AvgIpc) is 2.32. The van der Waals surface area contributed by atoms with Crippen molar-refractivity contribution in [2.75, 3.05) is 0 Å². The summed E-state index contributed by atoms with van der Waals surface area (Å²) >= 11 is 5.57. The van der Waals surface area contributed by atoms with Gasteiger partial charge in [-0.1, -0.05) is 11.6 Å². The van der Waals surface area contributed by atoms with Gasteiger partial charge in [-0.2, -0.15) is 13.2 Å². The lowest BCUT2D eigenvalue weighted by Crippen LogP contribution is -2.08. The van der Waals surface area contributed by atoms with Crippen LogP contribution in [0, 0.1) is 0 Å². The zero-order chi connectivity index (χ0) is 13.2. The number of halogens is 4. The Morgan fingerprint density at radius 2 is 1.83 bits per heavy atom. The molecule has 0 saturated heterocycles. The largest absolute Gasteiger partial charge is 0.436 e. The number of alkyl halides is 3. The van der Waals surface area contributed by atoms with E-state index in [0.29, 0.717) is 5.75 Å². The van der Waals surface area contributed by atoms with Gasteiger partial charge >= 0.3 is 6.18 Å². The molecule has 18 heavy (non-hydrogen) atoms. The van der Waals surface area contributed by atoms with Crippen LogP contribution in [0.25, 0.3) is 0 Å². The van der Waals surface area contributed by atoms with Gasteiger partial charge in [0, 0.05) is 6.07 Å². The first-order chi connectivity index (χ1) is 8.45. The molecule has 0 saturated carbocycles. The molecule has 0 bridgehead atoms. The lowest BCUT2D eigenvalue weighted by Gasteiger charge is -2.06. The van der Waals surface area contributed by atoms with Crippen LogP contribution in [-0.4, -0.2) is 15.2 Å². The summed E-state index contributed by atoms with van der Waals surface area (Å²) in [4.78, 5) is 3.74. The number of hydrogen-bond acceptors (Lipinski definition) is 4. The Bertz CT molecular complexity index is 528. The molecule has 0 aliphatic rings. The van der Waals surface area contributed by atoms with E-state index in [9.17, 15) is 13.2 Å². The second-order valence-electron chi connectivity index (χ2n) is 3.17. The van der Waals surface area contributed by atoms with Crippen LogP contribution in [0.5, 0.6) is 11.6 Å². The summed E-state index contributed by atoms with van der Waals surface area (Å²) in [7, 11) is 0. The topological polar surface area (TPSA) is 47.9 Å². The third-order valence-electron chi connectivity index (χ3n) is 1.85. The van der Waals surface area contributed by atoms with Gasteiger partial charge in [0.1, 0.15) is 10.9 Å². The fourth-order valence-corrected chi connectivity index (χ4v) is 1.18. The van der Waals surface area contributed by atoms with E-state index >= 15 is 0 Å². The van der Waals surface area contributed by atoms with Crippen molar-refractivity contribution in [2.24, 2.45) is 0 Å². The molecule has 2 heterocycles. The van der Waals surface area contributed by atoms with Crippen LogP contribution < -0.4 is 4.74 Å². The summed E-state index contributed by atoms with van der Waals surface area (Å²) in [6, 6.07) is 4.85. The minimum absolute atomic E-state index is 0.0628. The monoisotopic (exact) mass is 275 g/mol. The second kappa shape index (κ2) is 4.77. The van der Waals surface area contributed by atoms with E-state index in [-0.39, 0.29) is 11.0 Å². The van der Waals surface area contributed by atoms with Crippen LogP contribution in [0.1, 0.15) is 5.69 Å². The molecule has 0 spiro atoms. The Morgan fingerprint density at radius 1 is 1.06 bits per heavy atom. The van der Waals surface area contributed by atoms with E-state index in [2.05, 4.69) is 15.2 Å². The molecule has 0 aromatic carbocycles. The maximum absolute atomic E-state index is 12.2. The predicted molar refractivity (Wildman–Crippen MR) is 56.4 cm³/mol. The lowest BCUT2D eigenvalue weighted by atomic mass is 10.4. The van der Waals surface area contributed by atoms with E-state index in [4.69, 9.17) is 16.3 Å². The van der Waals surface area contributed by atoms with Crippen molar-refractivity contribution in [3.05, 3.63) is 41.3 Å². The Kier molecular flexibility index (Phi) is 3.33. The van der Waals surface area contributed by atoms with Gasteiger partial charge in [0.2, 0.25) is 5.88 Å². The van der Waals surface area contributed by atoms with Crippen LogP contribution in [0.2, 0.25) is 5.15 Å². The first-order valence-electron chi connectivity index (χ1n) is 4.65. The molecule has 2 rings (SSSR count). The summed E-state index contributed by atoms with van der Waals surface area (Å²) in [6.07, 6.45) is -3.20. The van der Waals surface area contributed by atoms with Gasteiger partial charge in [0.25, 0.3) is 0 Å². The maximum Gasteiger partial charge on any atom is 0.435 e. The highest BCUT2D eigenvalue weighted by atomic mass is 35.5. The Hall–Kier alpha value is -1.89. The third kappa shape index (κ3) is 3.07. The SMILES string of the molecule is FC(F)(F)c1ccc(Oc2ccc(Cl)nc2)nn1. The second-order valence-corrected chi connectivity index (χ2v) is 3.56. The van der Waals surface area contributed by atoms with E-state index in [1.165, 1.54) is 18.3 Å². The highest BCUT2D eigenvalue weighted by molar-refractivity contribution is 6.29. The van der Waals surface area contributed by atoms with Crippen molar-refractivity contribution in [3.63, 3.8) is 0 Å². The van der Waals surface area contributed by atoms with E-state index in [0.717, 1.165) is 12.1 Å². The molecule has 0 atom stereocenters. The van der Waals surface area contributed by atoms with Crippen molar-refractivity contribution >= 4 is 11.6 Å². The molecule has 94 valence electrons. The molecule has 4 nitrogen and oxygen atoms in total. The van der Waals surface area contributed by atoms with Crippen molar-refractivity contribution in [1.82, 2.24) is 15.2 Å². The van der Waals surface area contributed by atoms with Crippen LogP contribution in [0.3, 0.4) is 0 Å². The molecule has 0 N–H and O–H groups in total. The highest BCUT2D eigenvalue weighted by Crippen LogP contribution is 2.28. The zero-order valence-corrected chi connectivity index (χ0v) is 9.40. The molecule has 0 aliphatic heterocycles. The van der Waals surface area contributed by atoms with Gasteiger partial charge in [-0.15, -0.1) is 10.2 Å². The molecule has 8 heteroatoms. The molecule has 0 unspecified atom stereocenters. The molecular weight excluding hydrogens is 271 g/mol. The van der Waals surface area contributed by atoms with Crippen LogP contribution in [-0.2, 0) is 6.18 Å². The molecule has 0 radical (unpaired) electrons. The molecule has 0 amide bonds. The normalized spacial score (nSPS) is 11.3. The fraction of sp³-hybridized carbons (Fsp3) is 0.100. The molecule has 2 aromatic rings. The molecular formula is C10H5ClF3N3O. The number of ether oxygens (including phenoxy) is 1. The van der Waals surface area contributed by atoms with Crippen molar-refractivity contribution in [1.29, 1.82) is 0 Å². The minimum Gasteiger partial charge on any atom is -0.436 e. The third-order valence-corrected chi connectivity index (χ3v) is 2.08. The Labute approximate surface area is 104 Å². The van der Waals surface area contributed by atoms with Gasteiger partial charge in [-0.3, -0.25) is 0 Å². The zero-order valence-electron chi connectivity index (χ0n) is 8.65. The number of aromatic nitrogens is 3. The van der Waals surface area contributed by atoms with E-state index < -0.39 is 11.9 Å². The van der Waals surface area contributed by atoms with Gasteiger partial charge in [0.05, 0.1) is 6.20 Å². The summed E-state index contributed by atoms with van der Waals surface area (Å²) in [5.74, 6) is 0.237. The minimum atomic E-state index is -4.52. The standard InChI is InChI=1S/C10H5ClF3N3O/c11-8-3-1-6(5-15-8)18-9-4-2-7(16-17-9)10(12,13)14/h1-5H. The highest BCUT2D eigenvalue weighted by Gasteiger charge is 2.32.